The van der Waals surface area contributed by atoms with Crippen LogP contribution in [0.3, 0.4) is 0 Å². The van der Waals surface area contributed by atoms with Crippen molar-refractivity contribution >= 4 is 35.0 Å². The zero-order valence-electron chi connectivity index (χ0n) is 18.4. The number of carbonyl (C=O) groups excluding carboxylic acids is 2. The molecule has 7 nitrogen and oxygen atoms in total. The summed E-state index contributed by atoms with van der Waals surface area (Å²) in [6, 6.07) is 15.3. The Morgan fingerprint density at radius 1 is 0.935 bits per heavy atom. The van der Waals surface area contributed by atoms with E-state index in [1.165, 1.54) is 24.2 Å². The van der Waals surface area contributed by atoms with Crippen LogP contribution >= 0.6 is 11.8 Å². The van der Waals surface area contributed by atoms with Gasteiger partial charge in [-0.2, -0.15) is 0 Å². The van der Waals surface area contributed by atoms with E-state index in [1.54, 1.807) is 24.3 Å². The molecule has 1 heterocycles. The molecule has 2 aromatic carbocycles. The summed E-state index contributed by atoms with van der Waals surface area (Å²) >= 11 is 1.33. The maximum atomic E-state index is 12.3. The fraction of sp³-hybridized carbons (Fsp3) is 0.304. The fourth-order valence-corrected chi connectivity index (χ4v) is 3.69. The minimum absolute atomic E-state index is 0.0943. The van der Waals surface area contributed by atoms with E-state index in [0.717, 1.165) is 11.4 Å². The molecular formula is C23H27N5O2S. The van der Waals surface area contributed by atoms with Crippen LogP contribution in [0.1, 0.15) is 33.3 Å². The molecule has 8 heteroatoms. The van der Waals surface area contributed by atoms with E-state index < -0.39 is 0 Å². The second-order valence-electron chi connectivity index (χ2n) is 8.29. The predicted molar refractivity (Wildman–Crippen MR) is 125 cm³/mol. The summed E-state index contributed by atoms with van der Waals surface area (Å²) in [5.74, 6) is 0.692. The molecule has 3 aromatic rings. The fourth-order valence-electron chi connectivity index (χ4n) is 2.98. The number of benzene rings is 2. The molecule has 2 N–H and O–H groups in total. The number of rotatable bonds is 6. The van der Waals surface area contributed by atoms with Crippen molar-refractivity contribution in [2.24, 2.45) is 7.05 Å². The highest BCUT2D eigenvalue weighted by molar-refractivity contribution is 7.99. The number of aromatic nitrogens is 3. The Kier molecular flexibility index (Phi) is 6.80. The third kappa shape index (κ3) is 5.95. The van der Waals surface area contributed by atoms with Gasteiger partial charge < -0.3 is 15.2 Å². The number of amides is 2. The van der Waals surface area contributed by atoms with Crippen molar-refractivity contribution in [2.45, 2.75) is 38.3 Å². The van der Waals surface area contributed by atoms with Crippen molar-refractivity contribution in [2.75, 3.05) is 16.4 Å². The molecule has 31 heavy (non-hydrogen) atoms. The van der Waals surface area contributed by atoms with Crippen molar-refractivity contribution < 1.29 is 9.59 Å². The number of carbonyl (C=O) groups is 2. The van der Waals surface area contributed by atoms with Crippen molar-refractivity contribution in [1.29, 1.82) is 0 Å². The van der Waals surface area contributed by atoms with Gasteiger partial charge in [0.1, 0.15) is 0 Å². The van der Waals surface area contributed by atoms with E-state index >= 15 is 0 Å². The summed E-state index contributed by atoms with van der Waals surface area (Å²) in [5.41, 5.74) is 3.68. The Labute approximate surface area is 186 Å². The number of anilines is 2. The summed E-state index contributed by atoms with van der Waals surface area (Å²) < 4.78 is 1.90. The molecule has 0 aliphatic rings. The Hall–Kier alpha value is -3.13. The van der Waals surface area contributed by atoms with Crippen molar-refractivity contribution in [3.05, 3.63) is 54.1 Å². The molecule has 3 rings (SSSR count). The molecule has 0 atom stereocenters. The molecule has 0 unspecified atom stereocenters. The van der Waals surface area contributed by atoms with E-state index in [9.17, 15) is 9.59 Å². The lowest BCUT2D eigenvalue weighted by molar-refractivity contribution is -0.114. The molecule has 0 saturated carbocycles. The van der Waals surface area contributed by atoms with Gasteiger partial charge >= 0.3 is 0 Å². The molecule has 0 saturated heterocycles. The lowest BCUT2D eigenvalue weighted by atomic mass is 9.87. The highest BCUT2D eigenvalue weighted by Gasteiger charge is 2.16. The number of nitrogens with one attached hydrogen (secondary N) is 2. The third-order valence-corrected chi connectivity index (χ3v) is 5.69. The maximum absolute atomic E-state index is 12.3. The van der Waals surface area contributed by atoms with Gasteiger partial charge in [-0.15, -0.1) is 10.2 Å². The monoisotopic (exact) mass is 437 g/mol. The first-order valence-electron chi connectivity index (χ1n) is 9.94. The molecule has 0 aliphatic carbocycles. The van der Waals surface area contributed by atoms with Gasteiger partial charge in [-0.3, -0.25) is 9.59 Å². The van der Waals surface area contributed by atoms with Crippen LogP contribution in [-0.4, -0.2) is 32.3 Å². The summed E-state index contributed by atoms with van der Waals surface area (Å²) in [5, 5.41) is 14.7. The Balaban J connectivity index is 1.59. The van der Waals surface area contributed by atoms with Gasteiger partial charge in [0.25, 0.3) is 0 Å². The molecular weight excluding hydrogens is 410 g/mol. The minimum atomic E-state index is -0.142. The van der Waals surface area contributed by atoms with Gasteiger partial charge in [0.15, 0.2) is 11.0 Å². The largest absolute Gasteiger partial charge is 0.326 e. The van der Waals surface area contributed by atoms with E-state index in [-0.39, 0.29) is 23.0 Å². The van der Waals surface area contributed by atoms with Gasteiger partial charge in [0.05, 0.1) is 5.75 Å². The number of thioether (sulfide) groups is 1. The number of hydrogen-bond donors (Lipinski definition) is 2. The average molecular weight is 438 g/mol. The molecule has 0 fully saturated rings. The predicted octanol–water partition coefficient (Wildman–Crippen LogP) is 4.47. The molecule has 1 aromatic heterocycles. The summed E-state index contributed by atoms with van der Waals surface area (Å²) in [7, 11) is 1.90. The van der Waals surface area contributed by atoms with Gasteiger partial charge in [-0.25, -0.2) is 0 Å². The molecule has 2 amide bonds. The van der Waals surface area contributed by atoms with Crippen LogP contribution in [0, 0.1) is 0 Å². The standard InChI is InChI=1S/C23H27N5O2S/c1-15(29)24-18-10-12-19(13-11-18)25-20(30)14-31-22-27-26-21(28(22)5)16-6-8-17(9-7-16)23(2,3)4/h6-13H,14H2,1-5H3,(H,24,29)(H,25,30). The Morgan fingerprint density at radius 3 is 2.06 bits per heavy atom. The third-order valence-electron chi connectivity index (χ3n) is 4.67. The van der Waals surface area contributed by atoms with E-state index in [0.29, 0.717) is 16.5 Å². The second kappa shape index (κ2) is 9.34. The van der Waals surface area contributed by atoms with Gasteiger partial charge in [-0.1, -0.05) is 56.8 Å². The highest BCUT2D eigenvalue weighted by Crippen LogP contribution is 2.27. The van der Waals surface area contributed by atoms with Gasteiger partial charge in [0.2, 0.25) is 11.8 Å². The average Bonchev–Trinajstić information content (AvgIpc) is 3.07. The first kappa shape index (κ1) is 22.6. The number of hydrogen-bond acceptors (Lipinski definition) is 5. The molecule has 0 spiro atoms. The van der Waals surface area contributed by atoms with Gasteiger partial charge in [-0.05, 0) is 35.2 Å². The van der Waals surface area contributed by atoms with Crippen molar-refractivity contribution in [3.8, 4) is 11.4 Å². The van der Waals surface area contributed by atoms with Crippen LogP contribution < -0.4 is 10.6 Å². The minimum Gasteiger partial charge on any atom is -0.326 e. The smallest absolute Gasteiger partial charge is 0.234 e. The van der Waals surface area contributed by atoms with Crippen LogP contribution in [-0.2, 0) is 22.1 Å². The molecule has 0 aliphatic heterocycles. The first-order chi connectivity index (χ1) is 14.6. The summed E-state index contributed by atoms with van der Waals surface area (Å²) in [4.78, 5) is 23.4. The lowest BCUT2D eigenvalue weighted by Crippen LogP contribution is -2.14. The van der Waals surface area contributed by atoms with Crippen LogP contribution in [0.25, 0.3) is 11.4 Å². The van der Waals surface area contributed by atoms with Crippen LogP contribution in [0.4, 0.5) is 11.4 Å². The Bertz CT molecular complexity index is 1070. The van der Waals surface area contributed by atoms with Crippen molar-refractivity contribution in [3.63, 3.8) is 0 Å². The zero-order valence-corrected chi connectivity index (χ0v) is 19.2. The molecule has 0 radical (unpaired) electrons. The normalized spacial score (nSPS) is 11.3. The highest BCUT2D eigenvalue weighted by atomic mass is 32.2. The lowest BCUT2D eigenvalue weighted by Gasteiger charge is -2.19. The number of nitrogens with zero attached hydrogens (tertiary/aromatic N) is 3. The van der Waals surface area contributed by atoms with E-state index in [2.05, 4.69) is 65.9 Å². The second-order valence-corrected chi connectivity index (χ2v) is 9.23. The maximum Gasteiger partial charge on any atom is 0.234 e. The molecule has 162 valence electrons. The van der Waals surface area contributed by atoms with E-state index in [1.807, 2.05) is 11.6 Å². The topological polar surface area (TPSA) is 88.9 Å². The summed E-state index contributed by atoms with van der Waals surface area (Å²) in [6.45, 7) is 8.00. The summed E-state index contributed by atoms with van der Waals surface area (Å²) in [6.07, 6.45) is 0. The van der Waals surface area contributed by atoms with Gasteiger partial charge in [0, 0.05) is 30.9 Å². The van der Waals surface area contributed by atoms with Crippen LogP contribution in [0.5, 0.6) is 0 Å². The van der Waals surface area contributed by atoms with Crippen LogP contribution in [0.2, 0.25) is 0 Å². The zero-order chi connectivity index (χ0) is 22.6. The quantitative estimate of drug-likeness (QED) is 0.556. The first-order valence-corrected chi connectivity index (χ1v) is 10.9. The SMILES string of the molecule is CC(=O)Nc1ccc(NC(=O)CSc2nnc(-c3ccc(C(C)(C)C)cc3)n2C)cc1. The molecule has 0 bridgehead atoms. The van der Waals surface area contributed by atoms with E-state index in [4.69, 9.17) is 0 Å². The van der Waals surface area contributed by atoms with Crippen LogP contribution in [0.15, 0.2) is 53.7 Å². The van der Waals surface area contributed by atoms with Crippen molar-refractivity contribution in [1.82, 2.24) is 14.8 Å². The Morgan fingerprint density at radius 2 is 1.52 bits per heavy atom.